The van der Waals surface area contributed by atoms with Gasteiger partial charge in [0, 0.05) is 27.7 Å². The Hall–Kier alpha value is -3.64. The number of furan rings is 1. The van der Waals surface area contributed by atoms with Gasteiger partial charge in [0.05, 0.1) is 5.71 Å². The lowest BCUT2D eigenvalue weighted by Crippen LogP contribution is -2.07. The first-order valence-electron chi connectivity index (χ1n) is 12.7. The number of nitrogens with zero attached hydrogens (tertiary/aromatic N) is 1. The largest absolute Gasteiger partial charge is 0.453 e. The van der Waals surface area contributed by atoms with Crippen LogP contribution in [-0.4, -0.2) is 17.5 Å². The summed E-state index contributed by atoms with van der Waals surface area (Å²) in [5.41, 5.74) is 3.08. The van der Waals surface area contributed by atoms with Gasteiger partial charge in [-0.25, -0.2) is 4.79 Å². The molecule has 1 aliphatic rings. The number of carbonyl (C=O) groups excluding carboxylic acids is 2. The van der Waals surface area contributed by atoms with Crippen LogP contribution in [0.25, 0.3) is 11.0 Å². The van der Waals surface area contributed by atoms with Crippen molar-refractivity contribution in [2.75, 3.05) is 0 Å². The van der Waals surface area contributed by atoms with E-state index in [2.05, 4.69) is 5.16 Å². The number of carbonyl (C=O) groups is 2. The smallest absolute Gasteiger partial charge is 0.331 e. The highest BCUT2D eigenvalue weighted by Crippen LogP contribution is 2.31. The zero-order valence-corrected chi connectivity index (χ0v) is 21.6. The molecule has 1 saturated carbocycles. The first kappa shape index (κ1) is 25.0. The molecule has 1 fully saturated rings. The quantitative estimate of drug-likeness (QED) is 0.0984. The minimum absolute atomic E-state index is 0.130. The molecule has 6 heteroatoms. The van der Waals surface area contributed by atoms with Crippen LogP contribution in [0.1, 0.15) is 67.1 Å². The summed E-state index contributed by atoms with van der Waals surface area (Å²) in [5, 5.41) is 5.07. The third-order valence-corrected chi connectivity index (χ3v) is 7.75. The van der Waals surface area contributed by atoms with E-state index in [4.69, 9.17) is 9.25 Å². The maximum absolute atomic E-state index is 12.9. The molecule has 3 aromatic carbocycles. The lowest BCUT2D eigenvalue weighted by Gasteiger charge is -2.11. The lowest BCUT2D eigenvalue weighted by atomic mass is 9.97. The first-order chi connectivity index (χ1) is 18.0. The zero-order chi connectivity index (χ0) is 25.6. The second kappa shape index (κ2) is 11.6. The van der Waals surface area contributed by atoms with E-state index in [1.54, 1.807) is 17.8 Å². The van der Waals surface area contributed by atoms with Gasteiger partial charge in [-0.05, 0) is 72.9 Å². The molecule has 0 N–H and O–H groups in total. The van der Waals surface area contributed by atoms with E-state index in [-0.39, 0.29) is 5.78 Å². The number of ketones is 1. The minimum Gasteiger partial charge on any atom is -0.453 e. The highest BCUT2D eigenvalue weighted by atomic mass is 32.2. The van der Waals surface area contributed by atoms with Crippen molar-refractivity contribution in [1.82, 2.24) is 0 Å². The summed E-state index contributed by atoms with van der Waals surface area (Å²) >= 11 is 1.62. The average molecular weight is 512 g/mol. The zero-order valence-electron chi connectivity index (χ0n) is 20.8. The Morgan fingerprint density at radius 3 is 2.22 bits per heavy atom. The standard InChI is InChI=1S/C31H29NO4S/c1-21(33)36-32-28(19-10-22-6-2-3-7-22)23-11-15-26(16-12-23)37-27-17-13-24(14-18-27)31(34)30-20-25-8-4-5-9-29(25)35-30/h4-5,8-9,11-18,20,22H,2-3,6-7,10,19H2,1H3/b32-28-. The van der Waals surface area contributed by atoms with Gasteiger partial charge in [0.15, 0.2) is 5.76 Å². The van der Waals surface area contributed by atoms with Crippen LogP contribution in [0.2, 0.25) is 0 Å². The number of benzene rings is 3. The first-order valence-corrected chi connectivity index (χ1v) is 13.5. The second-order valence-corrected chi connectivity index (χ2v) is 10.6. The van der Waals surface area contributed by atoms with Crippen LogP contribution < -0.4 is 0 Å². The van der Waals surface area contributed by atoms with Gasteiger partial charge in [0.2, 0.25) is 5.78 Å². The molecule has 4 aromatic rings. The SMILES string of the molecule is CC(=O)O/N=C(/CCC1CCCC1)c1ccc(Sc2ccc(C(=O)c3cc4ccccc4o3)cc2)cc1. The van der Waals surface area contributed by atoms with Gasteiger partial charge in [-0.1, -0.05) is 72.9 Å². The van der Waals surface area contributed by atoms with Gasteiger partial charge in [-0.2, -0.15) is 0 Å². The number of fused-ring (bicyclic) bond motifs is 1. The highest BCUT2D eigenvalue weighted by Gasteiger charge is 2.17. The van der Waals surface area contributed by atoms with Crippen LogP contribution in [0.15, 0.2) is 98.2 Å². The molecule has 0 spiro atoms. The van der Waals surface area contributed by atoms with Crippen molar-refractivity contribution < 1.29 is 18.8 Å². The van der Waals surface area contributed by atoms with Gasteiger partial charge >= 0.3 is 5.97 Å². The molecular formula is C31H29NO4S. The molecule has 0 bridgehead atoms. The number of hydrogen-bond donors (Lipinski definition) is 0. The fraction of sp³-hybridized carbons (Fsp3) is 0.258. The van der Waals surface area contributed by atoms with E-state index >= 15 is 0 Å². The highest BCUT2D eigenvalue weighted by molar-refractivity contribution is 7.99. The molecule has 0 atom stereocenters. The molecular weight excluding hydrogens is 482 g/mol. The van der Waals surface area contributed by atoms with Gasteiger partial charge in [-0.3, -0.25) is 4.79 Å². The number of oxime groups is 1. The van der Waals surface area contributed by atoms with E-state index in [0.29, 0.717) is 16.9 Å². The Labute approximate surface area is 220 Å². The van der Waals surface area contributed by atoms with Crippen LogP contribution in [0.5, 0.6) is 0 Å². The molecule has 0 radical (unpaired) electrons. The van der Waals surface area contributed by atoms with Crippen molar-refractivity contribution in [3.05, 3.63) is 95.7 Å². The van der Waals surface area contributed by atoms with Gasteiger partial charge < -0.3 is 9.25 Å². The van der Waals surface area contributed by atoms with Gasteiger partial charge in [0.25, 0.3) is 0 Å². The maximum atomic E-state index is 12.9. The monoisotopic (exact) mass is 511 g/mol. The Bertz CT molecular complexity index is 1380. The van der Waals surface area contributed by atoms with E-state index in [0.717, 1.165) is 45.2 Å². The molecule has 5 rings (SSSR count). The second-order valence-electron chi connectivity index (χ2n) is 9.44. The van der Waals surface area contributed by atoms with Crippen LogP contribution in [0.3, 0.4) is 0 Å². The molecule has 37 heavy (non-hydrogen) atoms. The Morgan fingerprint density at radius 1 is 0.919 bits per heavy atom. The average Bonchev–Trinajstić information content (AvgIpc) is 3.59. The van der Waals surface area contributed by atoms with E-state index in [1.165, 1.54) is 32.6 Å². The van der Waals surface area contributed by atoms with Crippen LogP contribution >= 0.6 is 11.8 Å². The van der Waals surface area contributed by atoms with Gasteiger partial charge in [0.1, 0.15) is 5.58 Å². The Morgan fingerprint density at radius 2 is 1.57 bits per heavy atom. The van der Waals surface area contributed by atoms with Gasteiger partial charge in [-0.15, -0.1) is 0 Å². The predicted octanol–water partition coefficient (Wildman–Crippen LogP) is 8.05. The molecule has 5 nitrogen and oxygen atoms in total. The fourth-order valence-electron chi connectivity index (χ4n) is 4.76. The molecule has 1 heterocycles. The molecule has 0 unspecified atom stereocenters. The predicted molar refractivity (Wildman–Crippen MR) is 146 cm³/mol. The normalized spacial score (nSPS) is 14.2. The Kier molecular flexibility index (Phi) is 7.85. The van der Waals surface area contributed by atoms with Crippen molar-refractivity contribution in [3.8, 4) is 0 Å². The molecule has 0 aliphatic heterocycles. The van der Waals surface area contributed by atoms with Crippen LogP contribution in [0.4, 0.5) is 0 Å². The van der Waals surface area contributed by atoms with E-state index < -0.39 is 5.97 Å². The summed E-state index contributed by atoms with van der Waals surface area (Å²) in [6.07, 6.45) is 7.03. The number of rotatable bonds is 9. The summed E-state index contributed by atoms with van der Waals surface area (Å²) in [5.74, 6) is 0.539. The van der Waals surface area contributed by atoms with Crippen molar-refractivity contribution in [3.63, 3.8) is 0 Å². The summed E-state index contributed by atoms with van der Waals surface area (Å²) < 4.78 is 5.73. The van der Waals surface area contributed by atoms with Crippen molar-refractivity contribution >= 4 is 40.2 Å². The van der Waals surface area contributed by atoms with Crippen LogP contribution in [0, 0.1) is 5.92 Å². The summed E-state index contributed by atoms with van der Waals surface area (Å²) in [6.45, 7) is 1.37. The van der Waals surface area contributed by atoms with Crippen molar-refractivity contribution in [2.24, 2.45) is 11.1 Å². The molecule has 188 valence electrons. The van der Waals surface area contributed by atoms with Crippen molar-refractivity contribution in [2.45, 2.75) is 55.2 Å². The fourth-order valence-corrected chi connectivity index (χ4v) is 5.58. The summed E-state index contributed by atoms with van der Waals surface area (Å²) in [4.78, 5) is 31.3. The third kappa shape index (κ3) is 6.38. The summed E-state index contributed by atoms with van der Waals surface area (Å²) in [7, 11) is 0. The van der Waals surface area contributed by atoms with E-state index in [9.17, 15) is 9.59 Å². The van der Waals surface area contributed by atoms with Crippen molar-refractivity contribution in [1.29, 1.82) is 0 Å². The maximum Gasteiger partial charge on any atom is 0.331 e. The Balaban J connectivity index is 1.24. The lowest BCUT2D eigenvalue weighted by molar-refractivity contribution is -0.140. The molecule has 0 saturated heterocycles. The molecule has 1 aliphatic carbocycles. The molecule has 0 amide bonds. The summed E-state index contributed by atoms with van der Waals surface area (Å²) in [6, 6.07) is 25.1. The minimum atomic E-state index is -0.409. The molecule has 1 aromatic heterocycles. The topological polar surface area (TPSA) is 68.9 Å². The van der Waals surface area contributed by atoms with E-state index in [1.807, 2.05) is 72.8 Å². The van der Waals surface area contributed by atoms with Crippen LogP contribution in [-0.2, 0) is 9.63 Å². The number of hydrogen-bond acceptors (Lipinski definition) is 6. The number of para-hydroxylation sites is 1. The third-order valence-electron chi connectivity index (χ3n) is 6.74.